The van der Waals surface area contributed by atoms with Gasteiger partial charge in [-0.2, -0.15) is 35.1 Å². The number of hydrogen-bond acceptors (Lipinski definition) is 38. The van der Waals surface area contributed by atoms with Gasteiger partial charge in [0.1, 0.15) is 43.7 Å². The molecular formula is C72H48F8I8N4O38S4-4. The normalized spacial score (nSPS) is 12.6. The summed E-state index contributed by atoms with van der Waals surface area (Å²) >= 11 is 16.1. The van der Waals surface area contributed by atoms with Gasteiger partial charge in [-0.05, 0) is 305 Å². The van der Waals surface area contributed by atoms with Crippen LogP contribution in [0.4, 0.5) is 57.9 Å². The lowest BCUT2D eigenvalue weighted by atomic mass is 10.1. The Kier molecular flexibility index (Phi) is 42.3. The molecule has 0 aliphatic rings. The Hall–Kier alpha value is -8.36. The van der Waals surface area contributed by atoms with E-state index in [4.69, 9.17) is 28.4 Å². The number of hydrogen-bond donors (Lipinski definition) is 0. The summed E-state index contributed by atoms with van der Waals surface area (Å²) in [7, 11) is -24.8. The van der Waals surface area contributed by atoms with Crippen molar-refractivity contribution in [3.63, 3.8) is 0 Å². The number of rotatable bonds is 34. The quantitative estimate of drug-likeness (QED) is 0.00416. The van der Waals surface area contributed by atoms with Gasteiger partial charge in [0.15, 0.2) is 81.8 Å². The van der Waals surface area contributed by atoms with Crippen LogP contribution in [0.2, 0.25) is 0 Å². The summed E-state index contributed by atoms with van der Waals surface area (Å²) in [5, 5.41) is 24.7. The molecule has 4 unspecified atom stereocenters. The lowest BCUT2D eigenvalue weighted by Gasteiger charge is -2.25. The molecule has 724 valence electrons. The van der Waals surface area contributed by atoms with Gasteiger partial charge in [-0.1, -0.05) is 12.1 Å². The maximum Gasteiger partial charge on any atom is 0.370 e. The van der Waals surface area contributed by atoms with Crippen LogP contribution in [0.5, 0.6) is 23.0 Å². The molecule has 62 heteroatoms. The lowest BCUT2D eigenvalue weighted by Crippen LogP contribution is -2.42. The molecule has 134 heavy (non-hydrogen) atoms. The first kappa shape index (κ1) is 116. The number of carbonyl (C=O) groups is 8. The van der Waals surface area contributed by atoms with Gasteiger partial charge < -0.3 is 65.6 Å². The van der Waals surface area contributed by atoms with Crippen molar-refractivity contribution in [2.75, 3.05) is 26.4 Å². The summed E-state index contributed by atoms with van der Waals surface area (Å²) in [6.07, 6.45) is -11.1. The molecule has 0 bridgehead atoms. The molecule has 0 radical (unpaired) electrons. The summed E-state index contributed by atoms with van der Waals surface area (Å²) in [5.74, 6) is -10.7. The largest absolute Gasteiger partial charge is 0.743 e. The van der Waals surface area contributed by atoms with E-state index in [1.165, 1.54) is 12.1 Å². The molecule has 0 amide bonds. The Balaban J connectivity index is 0.000000316. The number of esters is 8. The second kappa shape index (κ2) is 48.8. The summed E-state index contributed by atoms with van der Waals surface area (Å²) in [6.45, 7) is 0.879. The number of non-ortho nitro benzene ring substituents is 2. The molecule has 0 heterocycles. The minimum absolute atomic E-state index is 0.0218. The molecule has 0 saturated heterocycles. The molecule has 4 atom stereocenters. The molecular weight excluding hydrogens is 2820 g/mol. The summed E-state index contributed by atoms with van der Waals surface area (Å²) < 4.78 is 293. The highest BCUT2D eigenvalue weighted by atomic mass is 127. The van der Waals surface area contributed by atoms with E-state index in [9.17, 15) is 166 Å². The van der Waals surface area contributed by atoms with Crippen LogP contribution >= 0.6 is 181 Å². The number of nitrogens with zero attached hydrogens (tertiary/aromatic N) is 4. The molecule has 0 spiro atoms. The highest BCUT2D eigenvalue weighted by molar-refractivity contribution is 14.1. The zero-order valence-electron chi connectivity index (χ0n) is 66.0. The number of ether oxygens (including phenoxy) is 10. The van der Waals surface area contributed by atoms with Gasteiger partial charge in [-0.15, -0.1) is 0 Å². The fraction of sp³-hybridized carbons (Fsp3) is 0.222. The maximum absolute atomic E-state index is 13.7. The third-order valence-electron chi connectivity index (χ3n) is 16.1. The standard InChI is InChI=1S/C19H14F2I3NO10S.C19H16F2INO10S.C17H10F2I3NO9S.C17H12F2INO9S/c1-9(19(20,21)36(30,31)32)35-18(27)13-8-11(25(28)29)2-3-12(13)17(26)34-5-4-33-16-14(23)6-10(22)7-15(16)24;1-11(19(20,21)34(28,29)30)33-18(25)16-10-13(23(26)27)4-7-15(16)17(24)32-9-8-31-14-5-2-12(22)3-6-14;1-7(17(18,19)33(28,29)30)31-16(25)13-9(3-2-4-12(13)23(26)27)15(24)32-14-10(21)5-8(20)6-11(14)22;1-9(17(18,19)31(26,27)28)29-16(23)14-12(3-2-4-13(14)21(24)25)15(22)30-11-7-5-10(20)6-8-11/h2-3,6-9H,4-5H2,1H3,(H,30,31,32);2-7,10-11H,8-9H2,1H3,(H,28,29,30);2-7H,1H3,(H,28,29,30);2-9H,1H3,(H,26,27,28)/p-4. The summed E-state index contributed by atoms with van der Waals surface area (Å²) in [5.41, 5.74) is -9.69. The molecule has 0 aliphatic heterocycles. The van der Waals surface area contributed by atoms with Crippen LogP contribution in [0.1, 0.15) is 111 Å². The second-order valence-corrected chi connectivity index (χ2v) is 40.6. The van der Waals surface area contributed by atoms with Gasteiger partial charge in [0.05, 0.1) is 67.4 Å². The number of nitro benzene ring substituents is 4. The highest BCUT2D eigenvalue weighted by Crippen LogP contribution is 2.38. The van der Waals surface area contributed by atoms with E-state index in [1.54, 1.807) is 48.5 Å². The smallest absolute Gasteiger partial charge is 0.370 e. The predicted molar refractivity (Wildman–Crippen MR) is 499 cm³/mol. The van der Waals surface area contributed by atoms with Crippen molar-refractivity contribution >= 4 is 292 Å². The minimum atomic E-state index is -6.22. The molecule has 42 nitrogen and oxygen atoms in total. The number of halogens is 16. The van der Waals surface area contributed by atoms with E-state index >= 15 is 0 Å². The van der Waals surface area contributed by atoms with Crippen LogP contribution in [0.15, 0.2) is 146 Å². The molecule has 0 saturated carbocycles. The lowest BCUT2D eigenvalue weighted by molar-refractivity contribution is -0.385. The van der Waals surface area contributed by atoms with Gasteiger partial charge in [-0.3, -0.25) is 40.5 Å². The van der Waals surface area contributed by atoms with Crippen molar-refractivity contribution in [2.45, 2.75) is 73.1 Å². The molecule has 8 aromatic carbocycles. The number of benzene rings is 8. The fourth-order valence-corrected chi connectivity index (χ4v) is 19.7. The average Bonchev–Trinajstić information content (AvgIpc) is 0.818. The van der Waals surface area contributed by atoms with Crippen molar-refractivity contribution in [3.8, 4) is 23.0 Å². The van der Waals surface area contributed by atoms with Crippen molar-refractivity contribution in [3.05, 3.63) is 259 Å². The van der Waals surface area contributed by atoms with E-state index in [1.807, 2.05) is 102 Å². The molecule has 0 aromatic heterocycles. The molecule has 0 N–H and O–H groups in total. The Morgan fingerprint density at radius 3 is 0.918 bits per heavy atom. The van der Waals surface area contributed by atoms with Crippen molar-refractivity contribution < 1.29 is 192 Å². The van der Waals surface area contributed by atoms with E-state index in [2.05, 4.69) is 109 Å². The van der Waals surface area contributed by atoms with Crippen LogP contribution < -0.4 is 18.9 Å². The Bertz CT molecular complexity index is 6360. The number of carbonyl (C=O) groups excluding carboxylic acids is 8. The van der Waals surface area contributed by atoms with Crippen molar-refractivity contribution in [2.24, 2.45) is 0 Å². The summed E-state index contributed by atoms with van der Waals surface area (Å²) in [6, 6.07) is 30.1. The van der Waals surface area contributed by atoms with Crippen LogP contribution in [0, 0.1) is 69.0 Å². The van der Waals surface area contributed by atoms with Crippen LogP contribution in [0.3, 0.4) is 0 Å². The zero-order chi connectivity index (χ0) is 102. The maximum atomic E-state index is 13.7. The van der Waals surface area contributed by atoms with Gasteiger partial charge in [0.2, 0.25) is 0 Å². The minimum Gasteiger partial charge on any atom is -0.743 e. The topological polar surface area (TPSA) is 630 Å². The zero-order valence-corrected chi connectivity index (χ0v) is 86.5. The first-order valence-electron chi connectivity index (χ1n) is 34.8. The third kappa shape index (κ3) is 31.3. The second-order valence-electron chi connectivity index (χ2n) is 25.2. The van der Waals surface area contributed by atoms with Crippen molar-refractivity contribution in [1.82, 2.24) is 0 Å². The first-order valence-corrected chi connectivity index (χ1v) is 49.0. The van der Waals surface area contributed by atoms with E-state index in [-0.39, 0.29) is 37.9 Å². The van der Waals surface area contributed by atoms with Crippen molar-refractivity contribution in [1.29, 1.82) is 0 Å². The van der Waals surface area contributed by atoms with Crippen LogP contribution in [-0.4, -0.2) is 191 Å². The van der Waals surface area contributed by atoms with Gasteiger partial charge >= 0.3 is 68.8 Å². The Labute approximate surface area is 856 Å². The fourth-order valence-electron chi connectivity index (χ4n) is 9.48. The highest BCUT2D eigenvalue weighted by Gasteiger charge is 2.51. The number of alkyl halides is 8. The Morgan fingerprint density at radius 2 is 0.612 bits per heavy atom. The summed E-state index contributed by atoms with van der Waals surface area (Å²) in [4.78, 5) is 141. The molecule has 8 aromatic rings. The van der Waals surface area contributed by atoms with E-state index in [0.29, 0.717) is 58.5 Å². The first-order chi connectivity index (χ1) is 61.6. The monoisotopic (exact) mass is 2870 g/mol. The van der Waals surface area contributed by atoms with Crippen LogP contribution in [-0.2, 0) is 68.9 Å². The Morgan fingerprint density at radius 1 is 0.321 bits per heavy atom. The molecule has 8 rings (SSSR count). The molecule has 0 fully saturated rings. The SMILES string of the molecule is CC(OC(=O)c1c(C(=O)Oc2c(I)cc(I)cc2I)cccc1[N+](=O)[O-])C(F)(F)S(=O)(=O)[O-].CC(OC(=O)c1c(C(=O)Oc2ccc(I)cc2)cccc1[N+](=O)[O-])C(F)(F)S(=O)(=O)[O-].CC(OC(=O)c1cc([N+](=O)[O-])ccc1C(=O)OCCOc1c(I)cc(I)cc1I)C(F)(F)S(=O)(=O)[O-].CC(OC(=O)c1cc([N+](=O)[O-])ccc1C(=O)OCCOc1ccc(I)cc1)C(F)(F)S(=O)(=O)[O-]. The van der Waals surface area contributed by atoms with Gasteiger partial charge in [0, 0.05) is 50.7 Å². The van der Waals surface area contributed by atoms with Crippen LogP contribution in [0.25, 0.3) is 0 Å². The van der Waals surface area contributed by atoms with E-state index < -0.39 is 221 Å². The van der Waals surface area contributed by atoms with Gasteiger partial charge in [0.25, 0.3) is 22.7 Å². The third-order valence-corrected chi connectivity index (χ3v) is 26.0. The van der Waals surface area contributed by atoms with Gasteiger partial charge in [-0.25, -0.2) is 72.0 Å². The number of nitro groups is 4. The molecule has 0 aliphatic carbocycles. The predicted octanol–water partition coefficient (Wildman–Crippen LogP) is 14.9. The average molecular weight is 2870 g/mol. The van der Waals surface area contributed by atoms with E-state index in [0.717, 1.165) is 82.1 Å².